The van der Waals surface area contributed by atoms with Gasteiger partial charge in [-0.25, -0.2) is 9.78 Å². The second-order valence-electron chi connectivity index (χ2n) is 4.74. The molecule has 1 N–H and O–H groups in total. The van der Waals surface area contributed by atoms with Gasteiger partial charge in [-0.05, 0) is 19.1 Å². The summed E-state index contributed by atoms with van der Waals surface area (Å²) in [5.74, 6) is -1.09. The van der Waals surface area contributed by atoms with E-state index in [-0.39, 0.29) is 17.9 Å². The maximum absolute atomic E-state index is 12.9. The molecule has 0 amide bonds. The van der Waals surface area contributed by atoms with Gasteiger partial charge in [0.2, 0.25) is 5.95 Å². The fourth-order valence-corrected chi connectivity index (χ4v) is 2.00. The SMILES string of the molecule is C=Cn1c(Nc2ccccc2C(=O)OCC)nc(C(F)(F)F)cc1=O. The number of ether oxygens (including phenoxy) is 1. The van der Waals surface area contributed by atoms with Gasteiger partial charge in [0.05, 0.1) is 17.9 Å². The number of benzene rings is 1. The highest BCUT2D eigenvalue weighted by atomic mass is 19.4. The summed E-state index contributed by atoms with van der Waals surface area (Å²) in [5.41, 5.74) is -2.09. The van der Waals surface area contributed by atoms with Crippen molar-refractivity contribution >= 4 is 23.8 Å². The minimum Gasteiger partial charge on any atom is -0.462 e. The Balaban J connectivity index is 2.54. The number of nitrogens with zero attached hydrogens (tertiary/aromatic N) is 2. The molecule has 1 aromatic heterocycles. The first-order chi connectivity index (χ1) is 11.8. The monoisotopic (exact) mass is 353 g/mol. The molecule has 0 aliphatic carbocycles. The van der Waals surface area contributed by atoms with Crippen LogP contribution in [0.25, 0.3) is 6.20 Å². The summed E-state index contributed by atoms with van der Waals surface area (Å²) in [6.45, 7) is 5.14. The van der Waals surface area contributed by atoms with E-state index in [4.69, 9.17) is 4.74 Å². The van der Waals surface area contributed by atoms with Crippen molar-refractivity contribution in [3.8, 4) is 0 Å². The van der Waals surface area contributed by atoms with Crippen molar-refractivity contribution in [2.45, 2.75) is 13.1 Å². The number of carbonyl (C=O) groups excluding carboxylic acids is 1. The number of carbonyl (C=O) groups is 1. The van der Waals surface area contributed by atoms with Crippen LogP contribution in [0.3, 0.4) is 0 Å². The lowest BCUT2D eigenvalue weighted by atomic mass is 10.2. The first-order valence-electron chi connectivity index (χ1n) is 7.14. The molecule has 2 aromatic rings. The molecule has 0 spiro atoms. The van der Waals surface area contributed by atoms with Crippen LogP contribution in [0.4, 0.5) is 24.8 Å². The number of hydrogen-bond acceptors (Lipinski definition) is 5. The quantitative estimate of drug-likeness (QED) is 0.835. The summed E-state index contributed by atoms with van der Waals surface area (Å²) < 4.78 is 44.4. The van der Waals surface area contributed by atoms with Gasteiger partial charge in [-0.3, -0.25) is 9.36 Å². The third-order valence-corrected chi connectivity index (χ3v) is 3.09. The Labute approximate surface area is 140 Å². The van der Waals surface area contributed by atoms with Crippen molar-refractivity contribution in [1.82, 2.24) is 9.55 Å². The molecule has 0 atom stereocenters. The second-order valence-corrected chi connectivity index (χ2v) is 4.74. The summed E-state index contributed by atoms with van der Waals surface area (Å²) in [7, 11) is 0. The average Bonchev–Trinajstić information content (AvgIpc) is 2.54. The standard InChI is InChI=1S/C16H14F3N3O3/c1-3-22-13(23)9-12(16(17,18)19)21-15(22)20-11-8-6-5-7-10(11)14(24)25-4-2/h3,5-9H,1,4H2,2H3,(H,20,21). The lowest BCUT2D eigenvalue weighted by Gasteiger charge is -2.15. The highest BCUT2D eigenvalue weighted by Gasteiger charge is 2.34. The number of para-hydroxylation sites is 1. The molecule has 1 heterocycles. The summed E-state index contributed by atoms with van der Waals surface area (Å²) in [6.07, 6.45) is -3.78. The molecule has 0 bridgehead atoms. The van der Waals surface area contributed by atoms with Crippen LogP contribution >= 0.6 is 0 Å². The number of alkyl halides is 3. The molecule has 0 fully saturated rings. The minimum atomic E-state index is -4.80. The van der Waals surface area contributed by atoms with E-state index >= 15 is 0 Å². The molecule has 0 saturated heterocycles. The second kappa shape index (κ2) is 7.20. The topological polar surface area (TPSA) is 73.2 Å². The van der Waals surface area contributed by atoms with Gasteiger partial charge in [-0.15, -0.1) is 0 Å². The van der Waals surface area contributed by atoms with Crippen molar-refractivity contribution in [2.24, 2.45) is 0 Å². The summed E-state index contributed by atoms with van der Waals surface area (Å²) in [4.78, 5) is 27.2. The summed E-state index contributed by atoms with van der Waals surface area (Å²) in [5, 5.41) is 2.56. The lowest BCUT2D eigenvalue weighted by molar-refractivity contribution is -0.141. The first kappa shape index (κ1) is 18.2. The van der Waals surface area contributed by atoms with Crippen LogP contribution in [-0.4, -0.2) is 22.1 Å². The summed E-state index contributed by atoms with van der Waals surface area (Å²) in [6, 6.07) is 6.38. The highest BCUT2D eigenvalue weighted by Crippen LogP contribution is 2.28. The van der Waals surface area contributed by atoms with E-state index in [1.54, 1.807) is 19.1 Å². The Morgan fingerprint density at radius 2 is 2.08 bits per heavy atom. The number of rotatable bonds is 5. The Hall–Kier alpha value is -3.10. The van der Waals surface area contributed by atoms with E-state index in [1.807, 2.05) is 0 Å². The van der Waals surface area contributed by atoms with Gasteiger partial charge >= 0.3 is 12.1 Å². The maximum atomic E-state index is 12.9. The van der Waals surface area contributed by atoms with Crippen molar-refractivity contribution in [2.75, 3.05) is 11.9 Å². The number of anilines is 2. The number of halogens is 3. The molecule has 0 aliphatic rings. The van der Waals surface area contributed by atoms with Gasteiger partial charge in [0, 0.05) is 12.3 Å². The molecule has 0 unspecified atom stereocenters. The maximum Gasteiger partial charge on any atom is 0.433 e. The number of hydrogen-bond donors (Lipinski definition) is 1. The highest BCUT2D eigenvalue weighted by molar-refractivity contribution is 5.96. The first-order valence-corrected chi connectivity index (χ1v) is 7.14. The zero-order chi connectivity index (χ0) is 18.6. The molecule has 25 heavy (non-hydrogen) atoms. The van der Waals surface area contributed by atoms with E-state index in [9.17, 15) is 22.8 Å². The molecule has 9 heteroatoms. The number of esters is 1. The normalized spacial score (nSPS) is 11.0. The molecular weight excluding hydrogens is 339 g/mol. The zero-order valence-electron chi connectivity index (χ0n) is 13.1. The molecule has 2 rings (SSSR count). The molecule has 6 nitrogen and oxygen atoms in total. The molecule has 0 radical (unpaired) electrons. The number of aromatic nitrogens is 2. The van der Waals surface area contributed by atoms with E-state index < -0.39 is 29.3 Å². The Morgan fingerprint density at radius 3 is 2.68 bits per heavy atom. The van der Waals surface area contributed by atoms with Crippen molar-refractivity contribution in [3.63, 3.8) is 0 Å². The molecular formula is C16H14F3N3O3. The van der Waals surface area contributed by atoms with Crippen LogP contribution in [0.15, 0.2) is 41.7 Å². The molecule has 0 saturated carbocycles. The van der Waals surface area contributed by atoms with Gasteiger partial charge < -0.3 is 10.1 Å². The van der Waals surface area contributed by atoms with Crippen LogP contribution < -0.4 is 10.9 Å². The van der Waals surface area contributed by atoms with Crippen LogP contribution in [0.2, 0.25) is 0 Å². The third-order valence-electron chi connectivity index (χ3n) is 3.09. The van der Waals surface area contributed by atoms with E-state index in [0.29, 0.717) is 6.07 Å². The van der Waals surface area contributed by atoms with Crippen LogP contribution in [0.5, 0.6) is 0 Å². The van der Waals surface area contributed by atoms with Crippen LogP contribution in [0, 0.1) is 0 Å². The van der Waals surface area contributed by atoms with Crippen molar-refractivity contribution < 1.29 is 22.7 Å². The van der Waals surface area contributed by atoms with Gasteiger partial charge in [-0.2, -0.15) is 13.2 Å². The smallest absolute Gasteiger partial charge is 0.433 e. The predicted molar refractivity (Wildman–Crippen MR) is 85.6 cm³/mol. The van der Waals surface area contributed by atoms with Crippen molar-refractivity contribution in [1.29, 1.82) is 0 Å². The Bertz CT molecular complexity index is 860. The molecule has 1 aromatic carbocycles. The summed E-state index contributed by atoms with van der Waals surface area (Å²) >= 11 is 0. The van der Waals surface area contributed by atoms with Gasteiger partial charge in [-0.1, -0.05) is 18.7 Å². The number of nitrogens with one attached hydrogen (secondary N) is 1. The van der Waals surface area contributed by atoms with Gasteiger partial charge in [0.1, 0.15) is 0 Å². The fourth-order valence-electron chi connectivity index (χ4n) is 2.00. The van der Waals surface area contributed by atoms with Crippen molar-refractivity contribution in [3.05, 3.63) is 58.5 Å². The zero-order valence-corrected chi connectivity index (χ0v) is 13.1. The van der Waals surface area contributed by atoms with E-state index in [1.165, 1.54) is 12.1 Å². The minimum absolute atomic E-state index is 0.0895. The van der Waals surface area contributed by atoms with Crippen LogP contribution in [-0.2, 0) is 10.9 Å². The largest absolute Gasteiger partial charge is 0.462 e. The fraction of sp³-hybridized carbons (Fsp3) is 0.188. The third kappa shape index (κ3) is 4.06. The average molecular weight is 353 g/mol. The Kier molecular flexibility index (Phi) is 5.26. The van der Waals surface area contributed by atoms with E-state index in [0.717, 1.165) is 10.8 Å². The Morgan fingerprint density at radius 1 is 1.40 bits per heavy atom. The predicted octanol–water partition coefficient (Wildman–Crippen LogP) is 3.28. The molecule has 0 aliphatic heterocycles. The van der Waals surface area contributed by atoms with Gasteiger partial charge in [0.25, 0.3) is 5.56 Å². The van der Waals surface area contributed by atoms with E-state index in [2.05, 4.69) is 16.9 Å². The lowest BCUT2D eigenvalue weighted by Crippen LogP contribution is -2.24. The van der Waals surface area contributed by atoms with Crippen LogP contribution in [0.1, 0.15) is 23.0 Å². The molecule has 132 valence electrons. The van der Waals surface area contributed by atoms with Gasteiger partial charge in [0.15, 0.2) is 5.69 Å².